The summed E-state index contributed by atoms with van der Waals surface area (Å²) in [7, 11) is 0. The van der Waals surface area contributed by atoms with E-state index in [2.05, 4.69) is 10.3 Å². The molecule has 3 rings (SSSR count). The monoisotopic (exact) mass is 424 g/mol. The summed E-state index contributed by atoms with van der Waals surface area (Å²) in [5.41, 5.74) is 8.78. The molecule has 8 heteroatoms. The van der Waals surface area contributed by atoms with Gasteiger partial charge in [-0.25, -0.2) is 4.98 Å². The van der Waals surface area contributed by atoms with Crippen LogP contribution >= 0.6 is 12.2 Å². The van der Waals surface area contributed by atoms with Crippen molar-refractivity contribution in [1.82, 2.24) is 14.7 Å². The molecule has 3 aromatic rings. The first-order valence-corrected chi connectivity index (χ1v) is 9.92. The van der Waals surface area contributed by atoms with Gasteiger partial charge >= 0.3 is 5.97 Å². The van der Waals surface area contributed by atoms with Crippen molar-refractivity contribution in [3.05, 3.63) is 59.9 Å². The number of imidazole rings is 1. The van der Waals surface area contributed by atoms with E-state index in [4.69, 9.17) is 22.7 Å². The highest BCUT2D eigenvalue weighted by molar-refractivity contribution is 7.80. The minimum Gasteiger partial charge on any atom is -0.460 e. The fraction of sp³-hybridized carbons (Fsp3) is 0.273. The molecule has 0 aliphatic heterocycles. The maximum absolute atomic E-state index is 12.3. The Labute approximate surface area is 180 Å². The molecule has 0 spiro atoms. The van der Waals surface area contributed by atoms with Gasteiger partial charge in [0, 0.05) is 35.6 Å². The zero-order chi connectivity index (χ0) is 21.9. The van der Waals surface area contributed by atoms with E-state index in [9.17, 15) is 9.59 Å². The molecular weight excluding hydrogens is 400 g/mol. The lowest BCUT2D eigenvalue weighted by Gasteiger charge is -2.19. The smallest absolute Gasteiger partial charge is 0.308 e. The van der Waals surface area contributed by atoms with Crippen LogP contribution in [0.4, 0.5) is 0 Å². The molecule has 1 amide bonds. The number of hydrogen-bond donors (Lipinski definition) is 2. The van der Waals surface area contributed by atoms with Gasteiger partial charge in [0.25, 0.3) is 5.91 Å². The third-order valence-electron chi connectivity index (χ3n) is 4.22. The summed E-state index contributed by atoms with van der Waals surface area (Å²) < 4.78 is 7.11. The summed E-state index contributed by atoms with van der Waals surface area (Å²) in [4.78, 5) is 28.9. The molecule has 0 unspecified atom stereocenters. The number of esters is 1. The molecule has 0 saturated heterocycles. The van der Waals surface area contributed by atoms with Crippen molar-refractivity contribution in [3.8, 4) is 11.3 Å². The van der Waals surface area contributed by atoms with E-state index in [1.165, 1.54) is 0 Å². The molecular formula is C22H24N4O3S. The predicted molar refractivity (Wildman–Crippen MR) is 119 cm³/mol. The van der Waals surface area contributed by atoms with Gasteiger partial charge in [-0.15, -0.1) is 0 Å². The quantitative estimate of drug-likeness (QED) is 0.466. The molecule has 0 aliphatic rings. The first-order chi connectivity index (χ1) is 14.1. The van der Waals surface area contributed by atoms with Crippen molar-refractivity contribution in [3.63, 3.8) is 0 Å². The lowest BCUT2D eigenvalue weighted by Crippen LogP contribution is -2.29. The number of nitrogens with zero attached hydrogens (tertiary/aromatic N) is 2. The minimum absolute atomic E-state index is 0.122. The number of pyridine rings is 1. The largest absolute Gasteiger partial charge is 0.460 e. The highest BCUT2D eigenvalue weighted by Crippen LogP contribution is 2.20. The van der Waals surface area contributed by atoms with Crippen molar-refractivity contribution >= 4 is 34.7 Å². The second-order valence-corrected chi connectivity index (χ2v) is 8.28. The van der Waals surface area contributed by atoms with Gasteiger partial charge in [0.2, 0.25) is 0 Å². The van der Waals surface area contributed by atoms with Gasteiger partial charge < -0.3 is 20.2 Å². The number of carbonyl (C=O) groups excluding carboxylic acids is 2. The molecule has 0 fully saturated rings. The van der Waals surface area contributed by atoms with Gasteiger partial charge in [0.15, 0.2) is 0 Å². The number of hydrogen-bond acceptors (Lipinski definition) is 5. The summed E-state index contributed by atoms with van der Waals surface area (Å²) in [5.74, 6) is -0.593. The molecule has 0 radical (unpaired) electrons. The SMILES string of the molecule is CC(C)(C)OC(=O)CCNC(=O)c1ccc(-c2cn3ccc(C(N)=S)cc3n2)cc1. The fourth-order valence-electron chi connectivity index (χ4n) is 2.84. The number of nitrogens with one attached hydrogen (secondary N) is 1. The zero-order valence-corrected chi connectivity index (χ0v) is 18.0. The molecule has 30 heavy (non-hydrogen) atoms. The predicted octanol–water partition coefficient (Wildman–Crippen LogP) is 3.10. The number of thiocarbonyl (C=S) groups is 1. The summed E-state index contributed by atoms with van der Waals surface area (Å²) in [5, 5.41) is 2.73. The van der Waals surface area contributed by atoms with E-state index in [-0.39, 0.29) is 24.8 Å². The maximum atomic E-state index is 12.3. The van der Waals surface area contributed by atoms with Crippen LogP contribution in [0.3, 0.4) is 0 Å². The van der Waals surface area contributed by atoms with Gasteiger partial charge in [0.05, 0.1) is 12.1 Å². The first-order valence-electron chi connectivity index (χ1n) is 9.51. The first kappa shape index (κ1) is 21.4. The fourth-order valence-corrected chi connectivity index (χ4v) is 2.97. The van der Waals surface area contributed by atoms with Gasteiger partial charge in [-0.05, 0) is 45.0 Å². The average molecular weight is 425 g/mol. The number of amides is 1. The molecule has 0 atom stereocenters. The van der Waals surface area contributed by atoms with Crippen molar-refractivity contribution in [2.24, 2.45) is 5.73 Å². The summed E-state index contributed by atoms with van der Waals surface area (Å²) >= 11 is 5.01. The van der Waals surface area contributed by atoms with E-state index in [0.29, 0.717) is 10.6 Å². The van der Waals surface area contributed by atoms with E-state index < -0.39 is 5.60 Å². The molecule has 156 valence electrons. The highest BCUT2D eigenvalue weighted by Gasteiger charge is 2.16. The minimum atomic E-state index is -0.535. The average Bonchev–Trinajstić information content (AvgIpc) is 3.09. The van der Waals surface area contributed by atoms with Crippen LogP contribution in [-0.2, 0) is 9.53 Å². The third kappa shape index (κ3) is 5.42. The number of nitrogens with two attached hydrogens (primary N) is 1. The van der Waals surface area contributed by atoms with E-state index in [1.807, 2.05) is 41.1 Å². The van der Waals surface area contributed by atoms with Gasteiger partial charge in [-0.2, -0.15) is 0 Å². The Bertz CT molecular complexity index is 1100. The van der Waals surface area contributed by atoms with Crippen LogP contribution in [0.15, 0.2) is 48.8 Å². The van der Waals surface area contributed by atoms with Crippen LogP contribution in [0, 0.1) is 0 Å². The molecule has 2 heterocycles. The molecule has 0 bridgehead atoms. The second-order valence-electron chi connectivity index (χ2n) is 7.84. The Morgan fingerprint density at radius 2 is 1.87 bits per heavy atom. The summed E-state index contributed by atoms with van der Waals surface area (Å²) in [6, 6.07) is 10.8. The van der Waals surface area contributed by atoms with Crippen molar-refractivity contribution in [2.75, 3.05) is 6.54 Å². The number of carbonyl (C=O) groups is 2. The standard InChI is InChI=1S/C22H24N4O3S/c1-22(2,3)29-19(27)8-10-24-21(28)15-6-4-14(5-7-15)17-13-26-11-9-16(20(23)30)12-18(26)25-17/h4-7,9,11-13H,8,10H2,1-3H3,(H2,23,30)(H,24,28). The van der Waals surface area contributed by atoms with Gasteiger partial charge in [-0.3, -0.25) is 9.59 Å². The van der Waals surface area contributed by atoms with Crippen LogP contribution in [0.5, 0.6) is 0 Å². The Balaban J connectivity index is 1.63. The Hall–Kier alpha value is -3.26. The van der Waals surface area contributed by atoms with Crippen LogP contribution in [-0.4, -0.2) is 38.4 Å². The summed E-state index contributed by atoms with van der Waals surface area (Å²) in [6.07, 6.45) is 3.87. The highest BCUT2D eigenvalue weighted by atomic mass is 32.1. The lowest BCUT2D eigenvalue weighted by molar-refractivity contribution is -0.154. The number of ether oxygens (including phenoxy) is 1. The van der Waals surface area contributed by atoms with Crippen molar-refractivity contribution in [2.45, 2.75) is 32.8 Å². The summed E-state index contributed by atoms with van der Waals surface area (Å²) in [6.45, 7) is 5.63. The van der Waals surface area contributed by atoms with E-state index in [1.54, 1.807) is 32.9 Å². The molecule has 0 aliphatic carbocycles. The van der Waals surface area contributed by atoms with Crippen LogP contribution in [0.1, 0.15) is 43.1 Å². The number of aromatic nitrogens is 2. The number of benzene rings is 1. The number of rotatable bonds is 6. The van der Waals surface area contributed by atoms with Gasteiger partial charge in [-0.1, -0.05) is 24.4 Å². The molecule has 1 aromatic carbocycles. The van der Waals surface area contributed by atoms with Crippen molar-refractivity contribution in [1.29, 1.82) is 0 Å². The van der Waals surface area contributed by atoms with E-state index in [0.717, 1.165) is 22.5 Å². The Kier molecular flexibility index (Phi) is 6.17. The second kappa shape index (κ2) is 8.62. The molecule has 0 saturated carbocycles. The van der Waals surface area contributed by atoms with E-state index >= 15 is 0 Å². The van der Waals surface area contributed by atoms with Gasteiger partial charge in [0.1, 0.15) is 16.2 Å². The molecule has 7 nitrogen and oxygen atoms in total. The Morgan fingerprint density at radius 1 is 1.17 bits per heavy atom. The van der Waals surface area contributed by atoms with Crippen LogP contribution in [0.25, 0.3) is 16.9 Å². The van der Waals surface area contributed by atoms with Crippen molar-refractivity contribution < 1.29 is 14.3 Å². The normalized spacial score (nSPS) is 11.3. The molecule has 3 N–H and O–H groups in total. The lowest BCUT2D eigenvalue weighted by atomic mass is 10.1. The van der Waals surface area contributed by atoms with Crippen LogP contribution < -0.4 is 11.1 Å². The topological polar surface area (TPSA) is 98.7 Å². The number of fused-ring (bicyclic) bond motifs is 1. The Morgan fingerprint density at radius 3 is 2.50 bits per heavy atom. The maximum Gasteiger partial charge on any atom is 0.308 e. The molecule has 2 aromatic heterocycles. The third-order valence-corrected chi connectivity index (χ3v) is 4.46. The van der Waals surface area contributed by atoms with Crippen LogP contribution in [0.2, 0.25) is 0 Å². The zero-order valence-electron chi connectivity index (χ0n) is 17.1.